The van der Waals surface area contributed by atoms with E-state index in [1.165, 1.54) is 0 Å². The van der Waals surface area contributed by atoms with Crippen LogP contribution in [0.25, 0.3) is 0 Å². The third-order valence-corrected chi connectivity index (χ3v) is 3.75. The second-order valence-corrected chi connectivity index (χ2v) is 5.37. The van der Waals surface area contributed by atoms with Gasteiger partial charge in [0.1, 0.15) is 0 Å². The average Bonchev–Trinajstić information content (AvgIpc) is 3.11. The third-order valence-electron chi connectivity index (χ3n) is 3.75. The van der Waals surface area contributed by atoms with Gasteiger partial charge in [0.15, 0.2) is 0 Å². The Balaban J connectivity index is 2.07. The molecule has 0 saturated heterocycles. The lowest BCUT2D eigenvalue weighted by atomic mass is 9.94. The molecule has 0 aromatic heterocycles. The zero-order valence-corrected chi connectivity index (χ0v) is 11.2. The summed E-state index contributed by atoms with van der Waals surface area (Å²) in [4.78, 5) is 12.4. The van der Waals surface area contributed by atoms with Gasteiger partial charge in [0, 0.05) is 11.7 Å². The van der Waals surface area contributed by atoms with Gasteiger partial charge in [-0.05, 0) is 43.9 Å². The minimum atomic E-state index is -0.282. The molecule has 18 heavy (non-hydrogen) atoms. The number of amides is 1. The smallest absolute Gasteiger partial charge is 0.230 e. The lowest BCUT2D eigenvalue weighted by molar-refractivity contribution is -0.124. The van der Waals surface area contributed by atoms with Crippen molar-refractivity contribution in [3.05, 3.63) is 29.8 Å². The van der Waals surface area contributed by atoms with Gasteiger partial charge in [-0.15, -0.1) is 0 Å². The highest BCUT2D eigenvalue weighted by Crippen LogP contribution is 2.48. The van der Waals surface area contributed by atoms with Crippen LogP contribution >= 0.6 is 0 Å². The molecule has 1 aliphatic carbocycles. The molecular formula is C15H22N2O. The van der Waals surface area contributed by atoms with Crippen LogP contribution in [0.15, 0.2) is 24.3 Å². The highest BCUT2D eigenvalue weighted by atomic mass is 16.2. The lowest BCUT2D eigenvalue weighted by Gasteiger charge is -2.19. The number of hydrogen-bond acceptors (Lipinski definition) is 2. The molecule has 3 nitrogen and oxygen atoms in total. The minimum absolute atomic E-state index is 0.174. The predicted molar refractivity (Wildman–Crippen MR) is 74.3 cm³/mol. The van der Waals surface area contributed by atoms with Crippen LogP contribution in [0.2, 0.25) is 0 Å². The maximum Gasteiger partial charge on any atom is 0.230 e. The van der Waals surface area contributed by atoms with E-state index in [9.17, 15) is 4.79 Å². The van der Waals surface area contributed by atoms with Crippen molar-refractivity contribution in [1.29, 1.82) is 0 Å². The molecule has 0 aliphatic heterocycles. The Morgan fingerprint density at radius 1 is 1.39 bits per heavy atom. The Labute approximate surface area is 109 Å². The van der Waals surface area contributed by atoms with Gasteiger partial charge >= 0.3 is 0 Å². The highest BCUT2D eigenvalue weighted by Gasteiger charge is 2.51. The summed E-state index contributed by atoms with van der Waals surface area (Å²) >= 11 is 0. The van der Waals surface area contributed by atoms with Gasteiger partial charge in [0.05, 0.1) is 5.41 Å². The number of rotatable bonds is 5. The average molecular weight is 246 g/mol. The first-order valence-electron chi connectivity index (χ1n) is 6.75. The second kappa shape index (κ2) is 5.01. The summed E-state index contributed by atoms with van der Waals surface area (Å²) in [5, 5.41) is 3.13. The minimum Gasteiger partial charge on any atom is -0.399 e. The van der Waals surface area contributed by atoms with E-state index in [1.807, 2.05) is 24.3 Å². The normalized spacial score (nSPS) is 18.1. The number of carbonyl (C=O) groups is 1. The lowest BCUT2D eigenvalue weighted by Crippen LogP contribution is -2.40. The van der Waals surface area contributed by atoms with Crippen molar-refractivity contribution in [3.63, 3.8) is 0 Å². The standard InChI is InChI=1S/C15H22N2O/c1-3-4-11(2)17-14(18)15(9-10-15)12-5-7-13(16)8-6-12/h5-8,11H,3-4,9-10,16H2,1-2H3,(H,17,18). The SMILES string of the molecule is CCCC(C)NC(=O)C1(c2ccc(N)cc2)CC1. The zero-order valence-electron chi connectivity index (χ0n) is 11.2. The molecule has 1 aromatic carbocycles. The molecule has 1 aromatic rings. The van der Waals surface area contributed by atoms with Crippen LogP contribution in [0, 0.1) is 0 Å². The van der Waals surface area contributed by atoms with E-state index in [0.717, 1.165) is 36.9 Å². The van der Waals surface area contributed by atoms with E-state index in [1.54, 1.807) is 0 Å². The van der Waals surface area contributed by atoms with Crippen LogP contribution in [-0.2, 0) is 10.2 Å². The highest BCUT2D eigenvalue weighted by molar-refractivity contribution is 5.91. The first-order chi connectivity index (χ1) is 8.58. The summed E-state index contributed by atoms with van der Waals surface area (Å²) in [6, 6.07) is 7.96. The van der Waals surface area contributed by atoms with Gasteiger partial charge < -0.3 is 11.1 Å². The Morgan fingerprint density at radius 2 is 2.00 bits per heavy atom. The van der Waals surface area contributed by atoms with Gasteiger partial charge in [-0.1, -0.05) is 25.5 Å². The van der Waals surface area contributed by atoms with E-state index in [-0.39, 0.29) is 17.4 Å². The molecule has 1 fully saturated rings. The largest absolute Gasteiger partial charge is 0.399 e. The molecule has 1 saturated carbocycles. The molecule has 3 heteroatoms. The summed E-state index contributed by atoms with van der Waals surface area (Å²) in [5.41, 5.74) is 7.24. The Hall–Kier alpha value is -1.51. The molecule has 0 bridgehead atoms. The van der Waals surface area contributed by atoms with Gasteiger partial charge in [-0.25, -0.2) is 0 Å². The Morgan fingerprint density at radius 3 is 2.50 bits per heavy atom. The number of anilines is 1. The molecule has 3 N–H and O–H groups in total. The first-order valence-corrected chi connectivity index (χ1v) is 6.75. The van der Waals surface area contributed by atoms with Crippen molar-refractivity contribution in [1.82, 2.24) is 5.32 Å². The summed E-state index contributed by atoms with van der Waals surface area (Å²) in [7, 11) is 0. The quantitative estimate of drug-likeness (QED) is 0.785. The molecule has 98 valence electrons. The van der Waals surface area contributed by atoms with Crippen LogP contribution in [0.5, 0.6) is 0 Å². The second-order valence-electron chi connectivity index (χ2n) is 5.37. The predicted octanol–water partition coefficient (Wildman–Crippen LogP) is 2.61. The fourth-order valence-corrected chi connectivity index (χ4v) is 2.44. The fourth-order valence-electron chi connectivity index (χ4n) is 2.44. The van der Waals surface area contributed by atoms with E-state index >= 15 is 0 Å². The molecule has 1 aliphatic rings. The zero-order chi connectivity index (χ0) is 13.2. The number of nitrogen functional groups attached to an aromatic ring is 1. The number of nitrogens with one attached hydrogen (secondary N) is 1. The molecule has 1 atom stereocenters. The number of hydrogen-bond donors (Lipinski definition) is 2. The van der Waals surface area contributed by atoms with Crippen LogP contribution in [0.3, 0.4) is 0 Å². The van der Waals surface area contributed by atoms with Gasteiger partial charge in [-0.3, -0.25) is 4.79 Å². The summed E-state index contributed by atoms with van der Waals surface area (Å²) < 4.78 is 0. The van der Waals surface area contributed by atoms with Crippen LogP contribution < -0.4 is 11.1 Å². The molecule has 2 rings (SSSR count). The molecule has 0 spiro atoms. The number of benzene rings is 1. The summed E-state index contributed by atoms with van der Waals surface area (Å²) in [5.74, 6) is 0.174. The number of carbonyl (C=O) groups excluding carboxylic acids is 1. The topological polar surface area (TPSA) is 55.1 Å². The van der Waals surface area contributed by atoms with Crippen LogP contribution in [-0.4, -0.2) is 11.9 Å². The van der Waals surface area contributed by atoms with Gasteiger partial charge in [0.2, 0.25) is 5.91 Å². The summed E-state index contributed by atoms with van der Waals surface area (Å²) in [6.07, 6.45) is 4.02. The van der Waals surface area contributed by atoms with Crippen LogP contribution in [0.4, 0.5) is 5.69 Å². The van der Waals surface area contributed by atoms with E-state index in [0.29, 0.717) is 0 Å². The maximum atomic E-state index is 12.4. The summed E-state index contributed by atoms with van der Waals surface area (Å²) in [6.45, 7) is 4.20. The first kappa shape index (κ1) is 12.9. The van der Waals surface area contributed by atoms with E-state index < -0.39 is 0 Å². The number of nitrogens with two attached hydrogens (primary N) is 1. The van der Waals surface area contributed by atoms with Gasteiger partial charge in [-0.2, -0.15) is 0 Å². The van der Waals surface area contributed by atoms with Crippen molar-refractivity contribution >= 4 is 11.6 Å². The fraction of sp³-hybridized carbons (Fsp3) is 0.533. The van der Waals surface area contributed by atoms with Crippen molar-refractivity contribution < 1.29 is 4.79 Å². The Kier molecular flexibility index (Phi) is 3.60. The van der Waals surface area contributed by atoms with Crippen molar-refractivity contribution in [2.75, 3.05) is 5.73 Å². The van der Waals surface area contributed by atoms with Crippen molar-refractivity contribution in [3.8, 4) is 0 Å². The molecule has 1 amide bonds. The Bertz CT molecular complexity index is 421. The maximum absolute atomic E-state index is 12.4. The molecule has 0 heterocycles. The molecule has 0 radical (unpaired) electrons. The third kappa shape index (κ3) is 2.50. The van der Waals surface area contributed by atoms with E-state index in [4.69, 9.17) is 5.73 Å². The van der Waals surface area contributed by atoms with Crippen LogP contribution in [0.1, 0.15) is 45.1 Å². The molecular weight excluding hydrogens is 224 g/mol. The van der Waals surface area contributed by atoms with Crippen molar-refractivity contribution in [2.24, 2.45) is 0 Å². The van der Waals surface area contributed by atoms with Crippen molar-refractivity contribution in [2.45, 2.75) is 51.0 Å². The van der Waals surface area contributed by atoms with Gasteiger partial charge in [0.25, 0.3) is 0 Å². The monoisotopic (exact) mass is 246 g/mol. The van der Waals surface area contributed by atoms with E-state index in [2.05, 4.69) is 19.2 Å². The molecule has 1 unspecified atom stereocenters.